The Balaban J connectivity index is 1.58. The van der Waals surface area contributed by atoms with Crippen LogP contribution < -0.4 is 19.1 Å². The Labute approximate surface area is 191 Å². The Morgan fingerprint density at radius 1 is 0.969 bits per heavy atom. The number of ether oxygens (including phenoxy) is 2. The van der Waals surface area contributed by atoms with Gasteiger partial charge in [0.2, 0.25) is 10.0 Å². The van der Waals surface area contributed by atoms with Gasteiger partial charge in [0.25, 0.3) is 0 Å². The molecule has 32 heavy (non-hydrogen) atoms. The first-order valence-electron chi connectivity index (χ1n) is 11.2. The summed E-state index contributed by atoms with van der Waals surface area (Å²) in [6.07, 6.45) is 4.55. The van der Waals surface area contributed by atoms with Gasteiger partial charge in [-0.3, -0.25) is 4.90 Å². The molecule has 0 amide bonds. The van der Waals surface area contributed by atoms with E-state index in [-0.39, 0.29) is 10.9 Å². The number of nitrogens with zero attached hydrogens (tertiary/aromatic N) is 2. The van der Waals surface area contributed by atoms with Crippen LogP contribution in [0.2, 0.25) is 0 Å². The van der Waals surface area contributed by atoms with Gasteiger partial charge < -0.3 is 14.4 Å². The van der Waals surface area contributed by atoms with Crippen molar-refractivity contribution in [2.45, 2.75) is 36.6 Å². The summed E-state index contributed by atoms with van der Waals surface area (Å²) in [5.74, 6) is 0.895. The number of benzene rings is 2. The molecule has 1 N–H and O–H groups in total. The number of fused-ring (bicyclic) bond motifs is 1. The standard InChI is InChI=1S/C24H33N3O4S/c1-26-14-11-19-15-18(7-9-21(19)26)22(27-12-5-4-6-13-27)17-25-32(28,29)20-8-10-23(30-2)24(16-20)31-3/h7-10,15-16,22,25H,4-6,11-14,17H2,1-3H3. The van der Waals surface area contributed by atoms with Crippen LogP contribution in [0, 0.1) is 0 Å². The van der Waals surface area contributed by atoms with Crippen molar-refractivity contribution in [2.24, 2.45) is 0 Å². The Morgan fingerprint density at radius 2 is 1.72 bits per heavy atom. The first-order chi connectivity index (χ1) is 15.4. The van der Waals surface area contributed by atoms with Gasteiger partial charge in [-0.2, -0.15) is 0 Å². The minimum absolute atomic E-state index is 0.00132. The summed E-state index contributed by atoms with van der Waals surface area (Å²) in [7, 11) is 1.44. The number of likely N-dealkylation sites (N-methyl/N-ethyl adjacent to an activating group) is 1. The third-order valence-electron chi connectivity index (χ3n) is 6.58. The van der Waals surface area contributed by atoms with Crippen LogP contribution in [0.25, 0.3) is 0 Å². The minimum Gasteiger partial charge on any atom is -0.493 e. The smallest absolute Gasteiger partial charge is 0.240 e. The number of piperidine rings is 1. The number of anilines is 1. The molecule has 0 saturated carbocycles. The number of hydrogen-bond acceptors (Lipinski definition) is 6. The molecule has 0 aromatic heterocycles. The molecule has 2 aliphatic rings. The molecule has 1 fully saturated rings. The number of rotatable bonds is 8. The second-order valence-corrected chi connectivity index (χ2v) is 10.3. The predicted octanol–water partition coefficient (Wildman–Crippen LogP) is 3.20. The van der Waals surface area contributed by atoms with Crippen LogP contribution in [0.3, 0.4) is 0 Å². The Morgan fingerprint density at radius 3 is 2.44 bits per heavy atom. The third kappa shape index (κ3) is 4.72. The van der Waals surface area contributed by atoms with Gasteiger partial charge in [0.15, 0.2) is 11.5 Å². The summed E-state index contributed by atoms with van der Waals surface area (Å²) in [5, 5.41) is 0. The molecule has 2 aromatic carbocycles. The fraction of sp³-hybridized carbons (Fsp3) is 0.500. The Bertz CT molecular complexity index is 1050. The summed E-state index contributed by atoms with van der Waals surface area (Å²) < 4.78 is 39.6. The maximum absolute atomic E-state index is 13.1. The molecule has 0 radical (unpaired) electrons. The van der Waals surface area contributed by atoms with Gasteiger partial charge in [0, 0.05) is 37.9 Å². The van der Waals surface area contributed by atoms with Crippen LogP contribution in [0.5, 0.6) is 11.5 Å². The van der Waals surface area contributed by atoms with Crippen molar-refractivity contribution < 1.29 is 17.9 Å². The topological polar surface area (TPSA) is 71.1 Å². The molecule has 2 heterocycles. The van der Waals surface area contributed by atoms with Crippen LogP contribution in [-0.2, 0) is 16.4 Å². The third-order valence-corrected chi connectivity index (χ3v) is 8.00. The normalized spacial score (nSPS) is 17.8. The molecule has 0 spiro atoms. The van der Waals surface area contributed by atoms with Crippen molar-refractivity contribution in [3.8, 4) is 11.5 Å². The zero-order chi connectivity index (χ0) is 22.7. The molecule has 174 valence electrons. The van der Waals surface area contributed by atoms with E-state index in [1.807, 2.05) is 0 Å². The Kier molecular flexibility index (Phi) is 6.93. The van der Waals surface area contributed by atoms with E-state index >= 15 is 0 Å². The lowest BCUT2D eigenvalue weighted by molar-refractivity contribution is 0.164. The predicted molar refractivity (Wildman–Crippen MR) is 126 cm³/mol. The zero-order valence-corrected chi connectivity index (χ0v) is 20.0. The number of sulfonamides is 1. The molecule has 0 bridgehead atoms. The van der Waals surface area contributed by atoms with E-state index in [4.69, 9.17) is 9.47 Å². The quantitative estimate of drug-likeness (QED) is 0.654. The van der Waals surface area contributed by atoms with Crippen molar-refractivity contribution in [2.75, 3.05) is 52.3 Å². The molecular formula is C24H33N3O4S. The van der Waals surface area contributed by atoms with Gasteiger partial charge in [0.1, 0.15) is 0 Å². The van der Waals surface area contributed by atoms with Gasteiger partial charge in [-0.15, -0.1) is 0 Å². The summed E-state index contributed by atoms with van der Waals surface area (Å²) >= 11 is 0. The van der Waals surface area contributed by atoms with Crippen molar-refractivity contribution in [3.05, 3.63) is 47.5 Å². The van der Waals surface area contributed by atoms with Crippen LogP contribution >= 0.6 is 0 Å². The number of hydrogen-bond donors (Lipinski definition) is 1. The van der Waals surface area contributed by atoms with Gasteiger partial charge in [-0.25, -0.2) is 13.1 Å². The van der Waals surface area contributed by atoms with Gasteiger partial charge >= 0.3 is 0 Å². The fourth-order valence-electron chi connectivity index (χ4n) is 4.74. The van der Waals surface area contributed by atoms with E-state index in [0.717, 1.165) is 38.9 Å². The number of nitrogens with one attached hydrogen (secondary N) is 1. The number of methoxy groups -OCH3 is 2. The second-order valence-electron chi connectivity index (χ2n) is 8.54. The number of likely N-dealkylation sites (tertiary alicyclic amines) is 1. The maximum Gasteiger partial charge on any atom is 0.240 e. The minimum atomic E-state index is -3.70. The lowest BCUT2D eigenvalue weighted by atomic mass is 9.99. The molecule has 1 atom stereocenters. The molecule has 4 rings (SSSR count). The highest BCUT2D eigenvalue weighted by molar-refractivity contribution is 7.89. The van der Waals surface area contributed by atoms with Crippen molar-refractivity contribution in [1.82, 2.24) is 9.62 Å². The summed E-state index contributed by atoms with van der Waals surface area (Å²) in [5.41, 5.74) is 3.79. The van der Waals surface area contributed by atoms with E-state index in [9.17, 15) is 8.42 Å². The van der Waals surface area contributed by atoms with Crippen molar-refractivity contribution in [1.29, 1.82) is 0 Å². The van der Waals surface area contributed by atoms with Gasteiger partial charge in [-0.1, -0.05) is 18.6 Å². The lowest BCUT2D eigenvalue weighted by Crippen LogP contribution is -2.40. The lowest BCUT2D eigenvalue weighted by Gasteiger charge is -2.35. The van der Waals surface area contributed by atoms with E-state index in [1.54, 1.807) is 12.1 Å². The van der Waals surface area contributed by atoms with E-state index in [0.29, 0.717) is 18.0 Å². The molecule has 1 unspecified atom stereocenters. The Hall–Kier alpha value is -2.29. The zero-order valence-electron chi connectivity index (χ0n) is 19.1. The molecule has 2 aromatic rings. The SMILES string of the molecule is COc1ccc(S(=O)(=O)NCC(c2ccc3c(c2)CCN3C)N2CCCCC2)cc1OC. The van der Waals surface area contributed by atoms with Crippen molar-refractivity contribution >= 4 is 15.7 Å². The van der Waals surface area contributed by atoms with Crippen LogP contribution in [0.1, 0.15) is 36.4 Å². The first kappa shape index (κ1) is 22.9. The average Bonchev–Trinajstić information content (AvgIpc) is 3.19. The van der Waals surface area contributed by atoms with Crippen LogP contribution in [0.4, 0.5) is 5.69 Å². The molecule has 1 saturated heterocycles. The molecule has 7 nitrogen and oxygen atoms in total. The molecule has 2 aliphatic heterocycles. The molecule has 8 heteroatoms. The maximum atomic E-state index is 13.1. The van der Waals surface area contributed by atoms with E-state index in [2.05, 4.69) is 39.8 Å². The monoisotopic (exact) mass is 459 g/mol. The van der Waals surface area contributed by atoms with Gasteiger partial charge in [0.05, 0.1) is 19.1 Å². The average molecular weight is 460 g/mol. The van der Waals surface area contributed by atoms with Gasteiger partial charge in [-0.05, 0) is 61.7 Å². The molecule has 0 aliphatic carbocycles. The highest BCUT2D eigenvalue weighted by atomic mass is 32.2. The van der Waals surface area contributed by atoms with Crippen molar-refractivity contribution in [3.63, 3.8) is 0 Å². The highest BCUT2D eigenvalue weighted by Gasteiger charge is 2.27. The summed E-state index contributed by atoms with van der Waals surface area (Å²) in [4.78, 5) is 4.86. The van der Waals surface area contributed by atoms with Crippen LogP contribution in [0.15, 0.2) is 41.3 Å². The van der Waals surface area contributed by atoms with E-state index < -0.39 is 10.0 Å². The summed E-state index contributed by atoms with van der Waals surface area (Å²) in [6.45, 7) is 3.32. The summed E-state index contributed by atoms with van der Waals surface area (Å²) in [6, 6.07) is 11.3. The second kappa shape index (κ2) is 9.68. The highest BCUT2D eigenvalue weighted by Crippen LogP contribution is 2.33. The fourth-order valence-corrected chi connectivity index (χ4v) is 5.79. The van der Waals surface area contributed by atoms with E-state index in [1.165, 1.54) is 43.5 Å². The largest absolute Gasteiger partial charge is 0.493 e. The molecular weight excluding hydrogens is 426 g/mol. The van der Waals surface area contributed by atoms with Crippen LogP contribution in [-0.4, -0.2) is 60.8 Å². The first-order valence-corrected chi connectivity index (χ1v) is 12.7.